The lowest BCUT2D eigenvalue weighted by molar-refractivity contribution is 0.488. The highest BCUT2D eigenvalue weighted by molar-refractivity contribution is 5.90. The molecule has 1 saturated carbocycles. The first-order chi connectivity index (χ1) is 8.11. The number of hydrogen-bond acceptors (Lipinski definition) is 3. The summed E-state index contributed by atoms with van der Waals surface area (Å²) < 4.78 is 2.33. The summed E-state index contributed by atoms with van der Waals surface area (Å²) in [6, 6.07) is 0.514. The maximum Gasteiger partial charge on any atom is 0.146 e. The molecule has 0 bridgehead atoms. The zero-order valence-electron chi connectivity index (χ0n) is 10.6. The van der Waals surface area contributed by atoms with Gasteiger partial charge in [-0.25, -0.2) is 9.97 Å². The fourth-order valence-corrected chi connectivity index (χ4v) is 2.74. The molecule has 1 aliphatic carbocycles. The van der Waals surface area contributed by atoms with Crippen LogP contribution in [0, 0.1) is 19.8 Å². The van der Waals surface area contributed by atoms with Gasteiger partial charge in [-0.05, 0) is 45.1 Å². The van der Waals surface area contributed by atoms with E-state index in [1.165, 1.54) is 24.1 Å². The van der Waals surface area contributed by atoms with Crippen molar-refractivity contribution in [2.45, 2.75) is 39.7 Å². The summed E-state index contributed by atoms with van der Waals surface area (Å²) in [6.45, 7) is 6.53. The first-order valence-electron chi connectivity index (χ1n) is 6.18. The average Bonchev–Trinajstić information content (AvgIpc) is 3.09. The van der Waals surface area contributed by atoms with Gasteiger partial charge in [-0.3, -0.25) is 0 Å². The molecule has 0 saturated heterocycles. The van der Waals surface area contributed by atoms with Crippen LogP contribution in [0.15, 0.2) is 6.33 Å². The molecule has 1 aliphatic rings. The van der Waals surface area contributed by atoms with Gasteiger partial charge in [0.2, 0.25) is 0 Å². The van der Waals surface area contributed by atoms with Gasteiger partial charge in [0.05, 0.1) is 5.39 Å². The summed E-state index contributed by atoms with van der Waals surface area (Å²) in [6.07, 6.45) is 4.23. The van der Waals surface area contributed by atoms with Crippen molar-refractivity contribution < 1.29 is 0 Å². The lowest BCUT2D eigenvalue weighted by Crippen LogP contribution is -2.09. The number of fused-ring (bicyclic) bond motifs is 1. The van der Waals surface area contributed by atoms with Crippen molar-refractivity contribution >= 4 is 16.9 Å². The van der Waals surface area contributed by atoms with Crippen LogP contribution >= 0.6 is 0 Å². The third-order valence-electron chi connectivity index (χ3n) is 4.08. The Balaban J connectivity index is 2.30. The SMILES string of the molecule is Cc1c(C)n(C(C)C2CC2)c2ncnc(N)c12. The quantitative estimate of drug-likeness (QED) is 0.862. The van der Waals surface area contributed by atoms with Crippen molar-refractivity contribution in [3.8, 4) is 0 Å². The second-order valence-electron chi connectivity index (χ2n) is 5.12. The van der Waals surface area contributed by atoms with E-state index in [9.17, 15) is 0 Å². The number of nitrogen functional groups attached to an aromatic ring is 1. The molecule has 1 atom stereocenters. The molecule has 0 aliphatic heterocycles. The number of nitrogens with two attached hydrogens (primary N) is 1. The molecule has 2 N–H and O–H groups in total. The Bertz CT molecular complexity index is 581. The molecule has 90 valence electrons. The Morgan fingerprint density at radius 2 is 2.06 bits per heavy atom. The van der Waals surface area contributed by atoms with Crippen LogP contribution in [0.4, 0.5) is 5.82 Å². The van der Waals surface area contributed by atoms with E-state index in [4.69, 9.17) is 5.73 Å². The molecule has 2 aromatic heterocycles. The number of aryl methyl sites for hydroxylation is 1. The Morgan fingerprint density at radius 3 is 2.71 bits per heavy atom. The van der Waals surface area contributed by atoms with Gasteiger partial charge in [0.25, 0.3) is 0 Å². The van der Waals surface area contributed by atoms with E-state index in [1.54, 1.807) is 6.33 Å². The fourth-order valence-electron chi connectivity index (χ4n) is 2.74. The third kappa shape index (κ3) is 1.43. The summed E-state index contributed by atoms with van der Waals surface area (Å²) in [7, 11) is 0. The first-order valence-corrected chi connectivity index (χ1v) is 6.18. The van der Waals surface area contributed by atoms with Crippen LogP contribution in [-0.4, -0.2) is 14.5 Å². The van der Waals surface area contributed by atoms with Crippen LogP contribution in [0.1, 0.15) is 37.1 Å². The van der Waals surface area contributed by atoms with Gasteiger partial charge in [0, 0.05) is 11.7 Å². The van der Waals surface area contributed by atoms with Crippen LogP contribution in [0.25, 0.3) is 11.0 Å². The molecule has 4 nitrogen and oxygen atoms in total. The van der Waals surface area contributed by atoms with Crippen molar-refractivity contribution in [3.05, 3.63) is 17.6 Å². The molecule has 0 spiro atoms. The highest BCUT2D eigenvalue weighted by Crippen LogP contribution is 2.42. The van der Waals surface area contributed by atoms with Gasteiger partial charge < -0.3 is 10.3 Å². The summed E-state index contributed by atoms with van der Waals surface area (Å²) in [5.74, 6) is 1.40. The largest absolute Gasteiger partial charge is 0.383 e. The third-order valence-corrected chi connectivity index (χ3v) is 4.08. The normalized spacial score (nSPS) is 17.6. The standard InChI is InChI=1S/C13H18N4/c1-7-8(2)17(9(3)10-4-5-10)13-11(7)12(14)15-6-16-13/h6,9-10H,4-5H2,1-3H3,(H2,14,15,16). The van der Waals surface area contributed by atoms with Crippen LogP contribution < -0.4 is 5.73 Å². The Morgan fingerprint density at radius 1 is 1.35 bits per heavy atom. The summed E-state index contributed by atoms with van der Waals surface area (Å²) >= 11 is 0. The van der Waals surface area contributed by atoms with E-state index in [1.807, 2.05) is 0 Å². The van der Waals surface area contributed by atoms with Gasteiger partial charge in [-0.1, -0.05) is 0 Å². The molecule has 0 amide bonds. The van der Waals surface area contributed by atoms with Gasteiger partial charge >= 0.3 is 0 Å². The van der Waals surface area contributed by atoms with Crippen LogP contribution in [0.5, 0.6) is 0 Å². The van der Waals surface area contributed by atoms with Crippen LogP contribution in [0.2, 0.25) is 0 Å². The lowest BCUT2D eigenvalue weighted by atomic mass is 10.2. The molecule has 2 aromatic rings. The van der Waals surface area contributed by atoms with E-state index in [0.29, 0.717) is 11.9 Å². The van der Waals surface area contributed by atoms with Gasteiger partial charge in [-0.2, -0.15) is 0 Å². The predicted molar refractivity (Wildman–Crippen MR) is 68.8 cm³/mol. The number of hydrogen-bond donors (Lipinski definition) is 1. The first kappa shape index (κ1) is 10.6. The summed E-state index contributed by atoms with van der Waals surface area (Å²) in [5, 5.41) is 1.03. The molecular formula is C13H18N4. The van der Waals surface area contributed by atoms with Crippen LogP contribution in [0.3, 0.4) is 0 Å². The van der Waals surface area contributed by atoms with E-state index in [0.717, 1.165) is 17.0 Å². The van der Waals surface area contributed by atoms with E-state index in [-0.39, 0.29) is 0 Å². The van der Waals surface area contributed by atoms with E-state index >= 15 is 0 Å². The van der Waals surface area contributed by atoms with Crippen molar-refractivity contribution in [2.75, 3.05) is 5.73 Å². The molecule has 1 fully saturated rings. The maximum atomic E-state index is 5.97. The second-order valence-corrected chi connectivity index (χ2v) is 5.12. The molecular weight excluding hydrogens is 212 g/mol. The Hall–Kier alpha value is -1.58. The highest BCUT2D eigenvalue weighted by atomic mass is 15.1. The van der Waals surface area contributed by atoms with Crippen molar-refractivity contribution in [1.29, 1.82) is 0 Å². The van der Waals surface area contributed by atoms with Crippen LogP contribution in [-0.2, 0) is 0 Å². The van der Waals surface area contributed by atoms with Crippen molar-refractivity contribution in [2.24, 2.45) is 5.92 Å². The molecule has 4 heteroatoms. The zero-order chi connectivity index (χ0) is 12.2. The monoisotopic (exact) mass is 230 g/mol. The molecule has 2 heterocycles. The minimum atomic E-state index is 0.514. The van der Waals surface area contributed by atoms with Gasteiger partial charge in [-0.15, -0.1) is 0 Å². The smallest absolute Gasteiger partial charge is 0.146 e. The topological polar surface area (TPSA) is 56.7 Å². The van der Waals surface area contributed by atoms with E-state index in [2.05, 4.69) is 35.3 Å². The fraction of sp³-hybridized carbons (Fsp3) is 0.538. The van der Waals surface area contributed by atoms with Gasteiger partial charge in [0.1, 0.15) is 17.8 Å². The Kier molecular flexibility index (Phi) is 2.15. The average molecular weight is 230 g/mol. The zero-order valence-corrected chi connectivity index (χ0v) is 10.6. The molecule has 0 aromatic carbocycles. The van der Waals surface area contributed by atoms with Gasteiger partial charge in [0.15, 0.2) is 0 Å². The minimum absolute atomic E-state index is 0.514. The Labute approximate surface area is 101 Å². The number of aromatic nitrogens is 3. The summed E-state index contributed by atoms with van der Waals surface area (Å²) in [5.41, 5.74) is 9.44. The number of anilines is 1. The minimum Gasteiger partial charge on any atom is -0.383 e. The summed E-state index contributed by atoms with van der Waals surface area (Å²) in [4.78, 5) is 8.52. The number of rotatable bonds is 2. The molecule has 1 unspecified atom stereocenters. The number of nitrogens with zero attached hydrogens (tertiary/aromatic N) is 3. The van der Waals surface area contributed by atoms with E-state index < -0.39 is 0 Å². The molecule has 0 radical (unpaired) electrons. The molecule has 17 heavy (non-hydrogen) atoms. The van der Waals surface area contributed by atoms with Crippen molar-refractivity contribution in [1.82, 2.24) is 14.5 Å². The molecule has 3 rings (SSSR count). The van der Waals surface area contributed by atoms with Crippen molar-refractivity contribution in [3.63, 3.8) is 0 Å². The second kappa shape index (κ2) is 3.45. The maximum absolute atomic E-state index is 5.97. The lowest BCUT2D eigenvalue weighted by Gasteiger charge is -2.16. The predicted octanol–water partition coefficient (Wildman–Crippen LogP) is 2.60. The highest BCUT2D eigenvalue weighted by Gasteiger charge is 2.31.